The van der Waals surface area contributed by atoms with Crippen molar-refractivity contribution < 1.29 is 14.0 Å². The number of amides is 2. The molecule has 2 N–H and O–H groups in total. The second-order valence-corrected chi connectivity index (χ2v) is 6.52. The molecule has 25 heavy (non-hydrogen) atoms. The van der Waals surface area contributed by atoms with Gasteiger partial charge in [0.15, 0.2) is 0 Å². The Bertz CT molecular complexity index is 922. The van der Waals surface area contributed by atoms with Crippen LogP contribution in [-0.4, -0.2) is 23.3 Å². The number of nitrogens with zero attached hydrogens (tertiary/aromatic N) is 1. The van der Waals surface area contributed by atoms with Crippen molar-refractivity contribution in [1.82, 2.24) is 10.3 Å². The number of hydrogen-bond acceptors (Lipinski definition) is 4. The highest BCUT2D eigenvalue weighted by molar-refractivity contribution is 7.21. The van der Waals surface area contributed by atoms with Gasteiger partial charge in [-0.25, -0.2) is 9.37 Å². The van der Waals surface area contributed by atoms with E-state index >= 15 is 0 Å². The fraction of sp³-hybridized carbons (Fsp3) is 0.167. The lowest BCUT2D eigenvalue weighted by atomic mass is 10.2. The van der Waals surface area contributed by atoms with E-state index in [0.717, 1.165) is 15.3 Å². The first-order valence-corrected chi connectivity index (χ1v) is 8.54. The van der Waals surface area contributed by atoms with Crippen molar-refractivity contribution in [3.05, 3.63) is 48.3 Å². The molecule has 0 aliphatic heterocycles. The Morgan fingerprint density at radius 3 is 2.64 bits per heavy atom. The summed E-state index contributed by atoms with van der Waals surface area (Å²) in [6.45, 7) is 1.72. The summed E-state index contributed by atoms with van der Waals surface area (Å²) in [4.78, 5) is 27.0. The summed E-state index contributed by atoms with van der Waals surface area (Å²) >= 11 is 1.49. The fourth-order valence-electron chi connectivity index (χ4n) is 2.30. The number of anilines is 1. The Hall–Kier alpha value is -2.80. The third-order valence-corrected chi connectivity index (χ3v) is 4.58. The van der Waals surface area contributed by atoms with Crippen LogP contribution in [0.1, 0.15) is 13.3 Å². The predicted octanol–water partition coefficient (Wildman–Crippen LogP) is 3.57. The zero-order valence-electron chi connectivity index (χ0n) is 13.5. The molecule has 0 radical (unpaired) electrons. The van der Waals surface area contributed by atoms with E-state index < -0.39 is 0 Å². The summed E-state index contributed by atoms with van der Waals surface area (Å²) < 4.78 is 14.2. The topological polar surface area (TPSA) is 71.1 Å². The van der Waals surface area contributed by atoms with Crippen molar-refractivity contribution in [2.45, 2.75) is 13.3 Å². The summed E-state index contributed by atoms with van der Waals surface area (Å²) in [6, 6.07) is 11.9. The Balaban J connectivity index is 1.66. The minimum absolute atomic E-state index is 0.159. The standard InChI is InChI=1S/C18H16FN3O2S/c1-11(23)20-9-8-17(24)21-14-5-2-12(3-6-14)18-22-15-10-13(19)4-7-16(15)25-18/h2-7,10H,8-9H2,1H3,(H,20,23)(H,21,24). The number of carbonyl (C=O) groups excluding carboxylic acids is 2. The maximum Gasteiger partial charge on any atom is 0.226 e. The molecule has 0 saturated carbocycles. The molecule has 3 aromatic rings. The van der Waals surface area contributed by atoms with Crippen LogP contribution in [-0.2, 0) is 9.59 Å². The molecule has 0 bridgehead atoms. The molecule has 0 aliphatic carbocycles. The van der Waals surface area contributed by atoms with E-state index in [0.29, 0.717) is 17.7 Å². The summed E-state index contributed by atoms with van der Waals surface area (Å²) in [7, 11) is 0. The number of nitrogens with one attached hydrogen (secondary N) is 2. The van der Waals surface area contributed by atoms with Crippen LogP contribution >= 0.6 is 11.3 Å². The summed E-state index contributed by atoms with van der Waals surface area (Å²) in [6.07, 6.45) is 0.213. The molecular weight excluding hydrogens is 341 g/mol. The third-order valence-electron chi connectivity index (χ3n) is 3.49. The molecule has 128 valence electrons. The van der Waals surface area contributed by atoms with E-state index in [1.807, 2.05) is 12.1 Å². The van der Waals surface area contributed by atoms with Crippen molar-refractivity contribution in [2.24, 2.45) is 0 Å². The van der Waals surface area contributed by atoms with Gasteiger partial charge in [0.05, 0.1) is 10.2 Å². The van der Waals surface area contributed by atoms with Crippen molar-refractivity contribution in [2.75, 3.05) is 11.9 Å². The molecule has 0 saturated heterocycles. The van der Waals surface area contributed by atoms with Crippen LogP contribution in [0.25, 0.3) is 20.8 Å². The van der Waals surface area contributed by atoms with Crippen molar-refractivity contribution in [3.63, 3.8) is 0 Å². The average Bonchev–Trinajstić information content (AvgIpc) is 2.98. The summed E-state index contributed by atoms with van der Waals surface area (Å²) in [5.41, 5.74) is 2.21. The molecule has 2 aromatic carbocycles. The maximum atomic E-state index is 13.3. The Morgan fingerprint density at radius 2 is 1.92 bits per heavy atom. The number of thiazole rings is 1. The zero-order chi connectivity index (χ0) is 17.8. The Morgan fingerprint density at radius 1 is 1.16 bits per heavy atom. The molecular formula is C18H16FN3O2S. The van der Waals surface area contributed by atoms with E-state index in [1.165, 1.54) is 30.4 Å². The molecule has 1 heterocycles. The van der Waals surface area contributed by atoms with Gasteiger partial charge in [0.2, 0.25) is 11.8 Å². The first kappa shape index (κ1) is 17.0. The molecule has 3 rings (SSSR count). The van der Waals surface area contributed by atoms with Gasteiger partial charge in [0.1, 0.15) is 10.8 Å². The average molecular weight is 357 g/mol. The highest BCUT2D eigenvalue weighted by Crippen LogP contribution is 2.31. The van der Waals surface area contributed by atoms with E-state index in [1.54, 1.807) is 18.2 Å². The number of aromatic nitrogens is 1. The Kier molecular flexibility index (Phi) is 5.04. The third kappa shape index (κ3) is 4.39. The largest absolute Gasteiger partial charge is 0.356 e. The van der Waals surface area contributed by atoms with Crippen LogP contribution in [0.15, 0.2) is 42.5 Å². The first-order valence-electron chi connectivity index (χ1n) is 7.72. The van der Waals surface area contributed by atoms with Crippen LogP contribution in [0.3, 0.4) is 0 Å². The molecule has 0 spiro atoms. The monoisotopic (exact) mass is 357 g/mol. The summed E-state index contributed by atoms with van der Waals surface area (Å²) in [5, 5.41) is 6.14. The minimum Gasteiger partial charge on any atom is -0.356 e. The van der Waals surface area contributed by atoms with E-state index in [-0.39, 0.29) is 24.1 Å². The summed E-state index contributed by atoms with van der Waals surface area (Å²) in [5.74, 6) is -0.633. The van der Waals surface area contributed by atoms with Gasteiger partial charge in [-0.3, -0.25) is 9.59 Å². The van der Waals surface area contributed by atoms with E-state index in [4.69, 9.17) is 0 Å². The lowest BCUT2D eigenvalue weighted by Crippen LogP contribution is -2.25. The van der Waals surface area contributed by atoms with E-state index in [2.05, 4.69) is 15.6 Å². The molecule has 0 fully saturated rings. The van der Waals surface area contributed by atoms with Gasteiger partial charge in [-0.15, -0.1) is 11.3 Å². The second kappa shape index (κ2) is 7.40. The van der Waals surface area contributed by atoms with Crippen LogP contribution in [0, 0.1) is 5.82 Å². The number of carbonyl (C=O) groups is 2. The highest BCUT2D eigenvalue weighted by atomic mass is 32.1. The second-order valence-electron chi connectivity index (χ2n) is 5.49. The Labute approximate surface area is 147 Å². The van der Waals surface area contributed by atoms with Crippen LogP contribution in [0.4, 0.5) is 10.1 Å². The van der Waals surface area contributed by atoms with Crippen LogP contribution < -0.4 is 10.6 Å². The molecule has 1 aromatic heterocycles. The lowest BCUT2D eigenvalue weighted by Gasteiger charge is -2.06. The van der Waals surface area contributed by atoms with E-state index in [9.17, 15) is 14.0 Å². The van der Waals surface area contributed by atoms with Gasteiger partial charge < -0.3 is 10.6 Å². The number of benzene rings is 2. The maximum absolute atomic E-state index is 13.3. The van der Waals surface area contributed by atoms with Gasteiger partial charge in [-0.1, -0.05) is 0 Å². The van der Waals surface area contributed by atoms with Gasteiger partial charge in [0.25, 0.3) is 0 Å². The number of fused-ring (bicyclic) bond motifs is 1. The fourth-order valence-corrected chi connectivity index (χ4v) is 3.25. The number of hydrogen-bond donors (Lipinski definition) is 2. The van der Waals surface area contributed by atoms with Gasteiger partial charge in [-0.05, 0) is 36.4 Å². The number of rotatable bonds is 5. The smallest absolute Gasteiger partial charge is 0.226 e. The van der Waals surface area contributed by atoms with Crippen LogP contribution in [0.5, 0.6) is 0 Å². The van der Waals surface area contributed by atoms with Crippen molar-refractivity contribution >= 4 is 39.1 Å². The molecule has 0 aliphatic rings. The minimum atomic E-state index is -0.304. The molecule has 5 nitrogen and oxygen atoms in total. The highest BCUT2D eigenvalue weighted by Gasteiger charge is 2.08. The van der Waals surface area contributed by atoms with Gasteiger partial charge in [0, 0.05) is 37.2 Å². The van der Waals surface area contributed by atoms with Crippen molar-refractivity contribution in [1.29, 1.82) is 0 Å². The van der Waals surface area contributed by atoms with Crippen LogP contribution in [0.2, 0.25) is 0 Å². The lowest BCUT2D eigenvalue weighted by molar-refractivity contribution is -0.119. The molecule has 0 unspecified atom stereocenters. The SMILES string of the molecule is CC(=O)NCCC(=O)Nc1ccc(-c2nc3cc(F)ccc3s2)cc1. The van der Waals surface area contributed by atoms with Gasteiger partial charge in [-0.2, -0.15) is 0 Å². The molecule has 0 atom stereocenters. The molecule has 7 heteroatoms. The zero-order valence-corrected chi connectivity index (χ0v) is 14.3. The first-order chi connectivity index (χ1) is 12.0. The predicted molar refractivity (Wildman–Crippen MR) is 96.9 cm³/mol. The van der Waals surface area contributed by atoms with Crippen molar-refractivity contribution in [3.8, 4) is 10.6 Å². The quantitative estimate of drug-likeness (QED) is 0.733. The van der Waals surface area contributed by atoms with Gasteiger partial charge >= 0.3 is 0 Å². The normalized spacial score (nSPS) is 10.6. The number of halogens is 1. The molecule has 2 amide bonds.